The van der Waals surface area contributed by atoms with Gasteiger partial charge in [-0.2, -0.15) is 0 Å². The number of aryl methyl sites for hydroxylation is 1. The van der Waals surface area contributed by atoms with Crippen LogP contribution in [0.3, 0.4) is 0 Å². The third-order valence-corrected chi connectivity index (χ3v) is 6.41. The maximum atomic E-state index is 13.0. The summed E-state index contributed by atoms with van der Waals surface area (Å²) in [5, 5.41) is 22.5. The highest BCUT2D eigenvalue weighted by atomic mass is 32.2. The van der Waals surface area contributed by atoms with Gasteiger partial charge in [0.25, 0.3) is 11.6 Å². The van der Waals surface area contributed by atoms with Crippen molar-refractivity contribution in [2.24, 2.45) is 7.05 Å². The summed E-state index contributed by atoms with van der Waals surface area (Å²) in [6, 6.07) is 12.1. The van der Waals surface area contributed by atoms with Crippen LogP contribution in [-0.4, -0.2) is 25.6 Å². The lowest BCUT2D eigenvalue weighted by atomic mass is 9.97. The van der Waals surface area contributed by atoms with Crippen molar-refractivity contribution in [3.63, 3.8) is 0 Å². The minimum atomic E-state index is -0.510. The number of anilines is 1. The number of rotatable bonds is 6. The maximum absolute atomic E-state index is 13.0. The Morgan fingerprint density at radius 3 is 2.57 bits per heavy atom. The quantitative estimate of drug-likeness (QED) is 0.452. The first-order valence-electron chi connectivity index (χ1n) is 9.73. The van der Waals surface area contributed by atoms with Gasteiger partial charge in [-0.25, -0.2) is 0 Å². The van der Waals surface area contributed by atoms with E-state index < -0.39 is 10.8 Å². The first kappa shape index (κ1) is 20.1. The van der Waals surface area contributed by atoms with Gasteiger partial charge in [-0.1, -0.05) is 25.0 Å². The molecule has 4 rings (SSSR count). The van der Waals surface area contributed by atoms with Gasteiger partial charge in [0.2, 0.25) is 0 Å². The van der Waals surface area contributed by atoms with E-state index in [-0.39, 0.29) is 11.3 Å². The number of nitro benzene ring substituents is 1. The molecule has 1 aliphatic carbocycles. The molecule has 1 heterocycles. The molecule has 1 amide bonds. The van der Waals surface area contributed by atoms with Crippen molar-refractivity contribution in [3.05, 3.63) is 70.0 Å². The van der Waals surface area contributed by atoms with Crippen molar-refractivity contribution in [2.75, 3.05) is 5.32 Å². The van der Waals surface area contributed by atoms with Crippen molar-refractivity contribution < 1.29 is 9.72 Å². The van der Waals surface area contributed by atoms with Crippen LogP contribution < -0.4 is 5.32 Å². The largest absolute Gasteiger partial charge is 0.322 e. The summed E-state index contributed by atoms with van der Waals surface area (Å²) in [4.78, 5) is 24.3. The van der Waals surface area contributed by atoms with Crippen molar-refractivity contribution in [3.8, 4) is 0 Å². The van der Waals surface area contributed by atoms with E-state index in [0.29, 0.717) is 21.7 Å². The Balaban J connectivity index is 1.57. The van der Waals surface area contributed by atoms with Crippen LogP contribution in [0.4, 0.5) is 11.4 Å². The van der Waals surface area contributed by atoms with Crippen LogP contribution in [-0.2, 0) is 7.05 Å². The molecule has 1 aliphatic rings. The van der Waals surface area contributed by atoms with Gasteiger partial charge in [0.15, 0.2) is 5.16 Å². The van der Waals surface area contributed by atoms with E-state index in [2.05, 4.69) is 15.5 Å². The first-order valence-corrected chi connectivity index (χ1v) is 10.5. The van der Waals surface area contributed by atoms with E-state index in [1.54, 1.807) is 24.0 Å². The molecule has 0 aliphatic heterocycles. The number of amides is 1. The number of hydrogen-bond donors (Lipinski definition) is 1. The van der Waals surface area contributed by atoms with Crippen molar-refractivity contribution in [1.82, 2.24) is 14.8 Å². The van der Waals surface area contributed by atoms with E-state index in [0.717, 1.165) is 0 Å². The number of hydrogen-bond acceptors (Lipinski definition) is 6. The van der Waals surface area contributed by atoms with E-state index >= 15 is 0 Å². The highest BCUT2D eigenvalue weighted by Gasteiger charge is 2.20. The second-order valence-electron chi connectivity index (χ2n) is 7.32. The minimum Gasteiger partial charge on any atom is -0.322 e. The Bertz CT molecular complexity index is 1070. The summed E-state index contributed by atoms with van der Waals surface area (Å²) in [6.07, 6.45) is 6.51. The zero-order chi connectivity index (χ0) is 21.1. The molecular formula is C21H21N5O3S. The van der Waals surface area contributed by atoms with Crippen LogP contribution in [0.15, 0.2) is 58.8 Å². The van der Waals surface area contributed by atoms with Gasteiger partial charge in [-0.15, -0.1) is 10.2 Å². The second kappa shape index (κ2) is 8.66. The van der Waals surface area contributed by atoms with Gasteiger partial charge < -0.3 is 9.88 Å². The Labute approximate surface area is 177 Å². The second-order valence-corrected chi connectivity index (χ2v) is 8.33. The van der Waals surface area contributed by atoms with Crippen LogP contribution in [0.5, 0.6) is 0 Å². The van der Waals surface area contributed by atoms with Crippen molar-refractivity contribution in [1.29, 1.82) is 0 Å². The lowest BCUT2D eigenvalue weighted by molar-refractivity contribution is -0.384. The summed E-state index contributed by atoms with van der Waals surface area (Å²) in [5.74, 6) is 0.193. The fourth-order valence-electron chi connectivity index (χ4n) is 3.66. The molecule has 0 saturated heterocycles. The molecule has 0 radical (unpaired) electrons. The van der Waals surface area contributed by atoms with Crippen LogP contribution in [0.25, 0.3) is 0 Å². The maximum Gasteiger partial charge on any atom is 0.270 e. The molecule has 3 aromatic rings. The SMILES string of the molecule is Cn1cnnc1Sc1ccc([N+](=O)[O-])cc1C(=O)Nc1ccc(C2CCCC2)cc1. The molecule has 8 nitrogen and oxygen atoms in total. The third kappa shape index (κ3) is 4.35. The molecule has 1 aromatic heterocycles. The van der Waals surface area contributed by atoms with Gasteiger partial charge in [0, 0.05) is 29.8 Å². The highest BCUT2D eigenvalue weighted by Crippen LogP contribution is 2.35. The standard InChI is InChI=1S/C21H21N5O3S/c1-25-13-22-24-21(25)30-19-11-10-17(26(28)29)12-18(19)20(27)23-16-8-6-15(7-9-16)14-4-2-3-5-14/h6-14H,2-5H2,1H3,(H,23,27). The smallest absolute Gasteiger partial charge is 0.270 e. The van der Waals surface area contributed by atoms with Crippen LogP contribution >= 0.6 is 11.8 Å². The normalized spacial score (nSPS) is 14.0. The number of nitro groups is 1. The van der Waals surface area contributed by atoms with Crippen LogP contribution in [0, 0.1) is 10.1 Å². The minimum absolute atomic E-state index is 0.140. The number of nitrogens with zero attached hydrogens (tertiary/aromatic N) is 4. The van der Waals surface area contributed by atoms with Crippen LogP contribution in [0.2, 0.25) is 0 Å². The van der Waals surface area contributed by atoms with E-state index in [1.807, 2.05) is 24.3 Å². The summed E-state index contributed by atoms with van der Waals surface area (Å²) >= 11 is 1.23. The molecule has 2 aromatic carbocycles. The van der Waals surface area contributed by atoms with Gasteiger partial charge in [0.1, 0.15) is 6.33 Å². The number of carbonyl (C=O) groups is 1. The van der Waals surface area contributed by atoms with E-state index in [9.17, 15) is 14.9 Å². The first-order chi connectivity index (χ1) is 14.5. The van der Waals surface area contributed by atoms with Crippen LogP contribution in [0.1, 0.15) is 47.5 Å². The van der Waals surface area contributed by atoms with Gasteiger partial charge in [0.05, 0.1) is 10.5 Å². The summed E-state index contributed by atoms with van der Waals surface area (Å²) in [6.45, 7) is 0. The highest BCUT2D eigenvalue weighted by molar-refractivity contribution is 7.99. The topological polar surface area (TPSA) is 103 Å². The molecule has 154 valence electrons. The summed E-state index contributed by atoms with van der Waals surface area (Å²) in [7, 11) is 1.79. The Kier molecular flexibility index (Phi) is 5.80. The van der Waals surface area contributed by atoms with Gasteiger partial charge >= 0.3 is 0 Å². The van der Waals surface area contributed by atoms with Crippen molar-refractivity contribution in [2.45, 2.75) is 41.7 Å². The Hall–Kier alpha value is -3.20. The molecular weight excluding hydrogens is 402 g/mol. The molecule has 0 unspecified atom stereocenters. The molecule has 0 spiro atoms. The zero-order valence-corrected chi connectivity index (χ0v) is 17.3. The van der Waals surface area contributed by atoms with Gasteiger partial charge in [-0.3, -0.25) is 14.9 Å². The average Bonchev–Trinajstić information content (AvgIpc) is 3.41. The lowest BCUT2D eigenvalue weighted by Gasteiger charge is -2.12. The molecule has 9 heteroatoms. The third-order valence-electron chi connectivity index (χ3n) is 5.28. The molecule has 1 N–H and O–H groups in total. The summed E-state index contributed by atoms with van der Waals surface area (Å²) < 4.78 is 1.72. The van der Waals surface area contributed by atoms with E-state index in [1.165, 1.54) is 55.1 Å². The Morgan fingerprint density at radius 1 is 1.20 bits per heavy atom. The predicted molar refractivity (Wildman–Crippen MR) is 114 cm³/mol. The molecule has 0 bridgehead atoms. The monoisotopic (exact) mass is 423 g/mol. The number of benzene rings is 2. The fourth-order valence-corrected chi connectivity index (χ4v) is 4.53. The fraction of sp³-hybridized carbons (Fsp3) is 0.286. The zero-order valence-electron chi connectivity index (χ0n) is 16.4. The molecule has 1 fully saturated rings. The van der Waals surface area contributed by atoms with E-state index in [4.69, 9.17) is 0 Å². The van der Waals surface area contributed by atoms with Gasteiger partial charge in [-0.05, 0) is 54.3 Å². The summed E-state index contributed by atoms with van der Waals surface area (Å²) in [5.41, 5.74) is 2.03. The number of aromatic nitrogens is 3. The average molecular weight is 423 g/mol. The Morgan fingerprint density at radius 2 is 1.93 bits per heavy atom. The molecule has 0 atom stereocenters. The number of nitrogens with one attached hydrogen (secondary N) is 1. The molecule has 30 heavy (non-hydrogen) atoms. The number of carbonyl (C=O) groups excluding carboxylic acids is 1. The predicted octanol–water partition coefficient (Wildman–Crippen LogP) is 4.78. The lowest BCUT2D eigenvalue weighted by Crippen LogP contribution is -2.13. The van der Waals surface area contributed by atoms with Crippen molar-refractivity contribution >= 4 is 29.0 Å². The molecule has 1 saturated carbocycles. The number of non-ortho nitro benzene ring substituents is 1.